The summed E-state index contributed by atoms with van der Waals surface area (Å²) in [5.41, 5.74) is 1.09. The molecule has 12 nitrogen and oxygen atoms in total. The summed E-state index contributed by atoms with van der Waals surface area (Å²) in [5, 5.41) is 15.6. The molecule has 0 aromatic heterocycles. The SMILES string of the molecule is COc1ccc(OC(=O)CN2CCN(Cc3cc(OC)c(OC)c(OC)c3)CC2)cc1.O=C(O)C=CC(=O)O. The largest absolute Gasteiger partial charge is 0.497 e. The lowest BCUT2D eigenvalue weighted by atomic mass is 10.1. The van der Waals surface area contributed by atoms with Crippen molar-refractivity contribution in [3.63, 3.8) is 0 Å². The summed E-state index contributed by atoms with van der Waals surface area (Å²) in [5.74, 6) is 0.361. The number of piperazine rings is 1. The van der Waals surface area contributed by atoms with Crippen molar-refractivity contribution in [3.05, 3.63) is 54.1 Å². The molecule has 1 fully saturated rings. The molecule has 3 rings (SSSR count). The maximum absolute atomic E-state index is 12.3. The highest BCUT2D eigenvalue weighted by molar-refractivity contribution is 5.89. The molecule has 1 aliphatic rings. The average Bonchev–Trinajstić information content (AvgIpc) is 2.93. The van der Waals surface area contributed by atoms with Crippen molar-refractivity contribution in [2.24, 2.45) is 0 Å². The molecule has 0 aliphatic carbocycles. The van der Waals surface area contributed by atoms with Gasteiger partial charge >= 0.3 is 17.9 Å². The number of hydrogen-bond acceptors (Lipinski definition) is 10. The first-order chi connectivity index (χ1) is 18.7. The fraction of sp³-hybridized carbons (Fsp3) is 0.370. The Labute approximate surface area is 226 Å². The lowest BCUT2D eigenvalue weighted by molar-refractivity contribution is -0.136. The molecule has 1 saturated heterocycles. The van der Waals surface area contributed by atoms with Gasteiger partial charge in [0.2, 0.25) is 5.75 Å². The van der Waals surface area contributed by atoms with Crippen LogP contribution in [-0.4, -0.2) is 99.1 Å². The van der Waals surface area contributed by atoms with Gasteiger partial charge in [-0.15, -0.1) is 0 Å². The second kappa shape index (κ2) is 15.8. The van der Waals surface area contributed by atoms with Crippen LogP contribution in [0.5, 0.6) is 28.7 Å². The number of carboxylic acids is 2. The van der Waals surface area contributed by atoms with Crippen molar-refractivity contribution >= 4 is 17.9 Å². The van der Waals surface area contributed by atoms with Crippen molar-refractivity contribution in [1.82, 2.24) is 9.80 Å². The molecule has 1 heterocycles. The van der Waals surface area contributed by atoms with Crippen molar-refractivity contribution in [2.75, 3.05) is 61.2 Å². The van der Waals surface area contributed by atoms with E-state index in [-0.39, 0.29) is 12.5 Å². The maximum atomic E-state index is 12.3. The Kier molecular flexibility index (Phi) is 12.6. The number of benzene rings is 2. The highest BCUT2D eigenvalue weighted by atomic mass is 16.5. The molecular formula is C27H34N2O10. The van der Waals surface area contributed by atoms with Gasteiger partial charge < -0.3 is 33.9 Å². The van der Waals surface area contributed by atoms with E-state index >= 15 is 0 Å². The number of carbonyl (C=O) groups excluding carboxylic acids is 1. The Bertz CT molecular complexity index is 1080. The van der Waals surface area contributed by atoms with Gasteiger partial charge in [-0.25, -0.2) is 9.59 Å². The van der Waals surface area contributed by atoms with Crippen molar-refractivity contribution in [3.8, 4) is 28.7 Å². The molecule has 0 radical (unpaired) electrons. The van der Waals surface area contributed by atoms with Gasteiger partial charge in [-0.2, -0.15) is 0 Å². The third kappa shape index (κ3) is 10.5. The van der Waals surface area contributed by atoms with Crippen LogP contribution in [0.25, 0.3) is 0 Å². The zero-order chi connectivity index (χ0) is 28.8. The molecule has 2 aromatic carbocycles. The molecule has 39 heavy (non-hydrogen) atoms. The number of hydrogen-bond donors (Lipinski definition) is 2. The van der Waals surface area contributed by atoms with Gasteiger partial charge in [0.05, 0.1) is 35.0 Å². The highest BCUT2D eigenvalue weighted by Crippen LogP contribution is 2.38. The van der Waals surface area contributed by atoms with Crippen LogP contribution in [0.2, 0.25) is 0 Å². The van der Waals surface area contributed by atoms with Crippen LogP contribution in [-0.2, 0) is 20.9 Å². The quantitative estimate of drug-likeness (QED) is 0.242. The van der Waals surface area contributed by atoms with Crippen LogP contribution in [0.4, 0.5) is 0 Å². The monoisotopic (exact) mass is 546 g/mol. The van der Waals surface area contributed by atoms with E-state index in [0.717, 1.165) is 44.0 Å². The summed E-state index contributed by atoms with van der Waals surface area (Å²) < 4.78 is 26.8. The minimum atomic E-state index is -1.26. The van der Waals surface area contributed by atoms with E-state index in [1.807, 2.05) is 12.1 Å². The minimum Gasteiger partial charge on any atom is -0.497 e. The summed E-state index contributed by atoms with van der Waals surface area (Å²) >= 11 is 0. The third-order valence-electron chi connectivity index (χ3n) is 5.61. The fourth-order valence-electron chi connectivity index (χ4n) is 3.72. The summed E-state index contributed by atoms with van der Waals surface area (Å²) in [6, 6.07) is 10.9. The Balaban J connectivity index is 0.000000580. The molecule has 12 heteroatoms. The summed E-state index contributed by atoms with van der Waals surface area (Å²) in [7, 11) is 6.43. The van der Waals surface area contributed by atoms with Crippen LogP contribution >= 0.6 is 0 Å². The van der Waals surface area contributed by atoms with Gasteiger partial charge in [-0.05, 0) is 42.0 Å². The number of esters is 1. The smallest absolute Gasteiger partial charge is 0.328 e. The van der Waals surface area contributed by atoms with E-state index in [0.29, 0.717) is 35.2 Å². The summed E-state index contributed by atoms with van der Waals surface area (Å²) in [4.78, 5) is 35.8. The van der Waals surface area contributed by atoms with Gasteiger partial charge in [0, 0.05) is 44.9 Å². The van der Waals surface area contributed by atoms with E-state index in [1.165, 1.54) is 0 Å². The molecule has 0 saturated carbocycles. The molecule has 0 amide bonds. The second-order valence-corrected chi connectivity index (χ2v) is 8.25. The third-order valence-corrected chi connectivity index (χ3v) is 5.61. The molecule has 0 atom stereocenters. The standard InChI is InChI=1S/C23H30N2O6.C4H4O4/c1-27-18-5-7-19(8-6-18)31-22(26)16-25-11-9-24(10-12-25)15-17-13-20(28-2)23(30-4)21(14-17)29-3;5-3(6)1-2-4(7)8/h5-8,13-14H,9-12,15-16H2,1-4H3;1-2H,(H,5,6)(H,7,8). The van der Waals surface area contributed by atoms with Crippen LogP contribution in [0, 0.1) is 0 Å². The van der Waals surface area contributed by atoms with Crippen LogP contribution < -0.4 is 23.7 Å². The van der Waals surface area contributed by atoms with Crippen molar-refractivity contribution < 1.29 is 48.3 Å². The van der Waals surface area contributed by atoms with Gasteiger partial charge in [-0.3, -0.25) is 14.6 Å². The maximum Gasteiger partial charge on any atom is 0.328 e. The zero-order valence-corrected chi connectivity index (χ0v) is 22.4. The molecule has 0 spiro atoms. The molecule has 0 unspecified atom stereocenters. The topological polar surface area (TPSA) is 144 Å². The molecule has 1 aliphatic heterocycles. The lowest BCUT2D eigenvalue weighted by Gasteiger charge is -2.34. The summed E-state index contributed by atoms with van der Waals surface area (Å²) in [6.45, 7) is 4.33. The molecule has 2 N–H and O–H groups in total. The number of aliphatic carboxylic acids is 2. The van der Waals surface area contributed by atoms with Crippen LogP contribution in [0.1, 0.15) is 5.56 Å². The van der Waals surface area contributed by atoms with E-state index in [1.54, 1.807) is 52.7 Å². The normalized spacial score (nSPS) is 13.6. The zero-order valence-electron chi connectivity index (χ0n) is 22.4. The van der Waals surface area contributed by atoms with Gasteiger partial charge in [0.1, 0.15) is 11.5 Å². The highest BCUT2D eigenvalue weighted by Gasteiger charge is 2.21. The van der Waals surface area contributed by atoms with E-state index in [2.05, 4.69) is 9.80 Å². The second-order valence-electron chi connectivity index (χ2n) is 8.25. The van der Waals surface area contributed by atoms with E-state index in [9.17, 15) is 14.4 Å². The molecule has 0 bridgehead atoms. The van der Waals surface area contributed by atoms with Crippen molar-refractivity contribution in [2.45, 2.75) is 6.54 Å². The first-order valence-electron chi connectivity index (χ1n) is 11.9. The number of carboxylic acid groups (broad SMARTS) is 2. The van der Waals surface area contributed by atoms with Gasteiger partial charge in [-0.1, -0.05) is 0 Å². The fourth-order valence-corrected chi connectivity index (χ4v) is 3.72. The number of rotatable bonds is 11. The Hall–Kier alpha value is -4.29. The number of carbonyl (C=O) groups is 3. The van der Waals surface area contributed by atoms with Crippen LogP contribution in [0.15, 0.2) is 48.6 Å². The first-order valence-corrected chi connectivity index (χ1v) is 11.9. The number of methoxy groups -OCH3 is 4. The predicted molar refractivity (Wildman–Crippen MR) is 141 cm³/mol. The predicted octanol–water partition coefficient (Wildman–Crippen LogP) is 2.16. The molecule has 2 aromatic rings. The Morgan fingerprint density at radius 3 is 1.67 bits per heavy atom. The summed E-state index contributed by atoms with van der Waals surface area (Å²) in [6.07, 6.45) is 1.12. The van der Waals surface area contributed by atoms with Gasteiger partial charge in [0.15, 0.2) is 11.5 Å². The average molecular weight is 547 g/mol. The van der Waals surface area contributed by atoms with Crippen molar-refractivity contribution in [1.29, 1.82) is 0 Å². The molecule has 212 valence electrons. The van der Waals surface area contributed by atoms with Gasteiger partial charge in [0.25, 0.3) is 0 Å². The first kappa shape index (κ1) is 30.9. The number of nitrogens with zero attached hydrogens (tertiary/aromatic N) is 2. The number of ether oxygens (including phenoxy) is 5. The van der Waals surface area contributed by atoms with E-state index < -0.39 is 11.9 Å². The Morgan fingerprint density at radius 1 is 0.744 bits per heavy atom. The molecular weight excluding hydrogens is 512 g/mol. The lowest BCUT2D eigenvalue weighted by Crippen LogP contribution is -2.48. The van der Waals surface area contributed by atoms with Crippen LogP contribution in [0.3, 0.4) is 0 Å². The van der Waals surface area contributed by atoms with E-state index in [4.69, 9.17) is 33.9 Å². The minimum absolute atomic E-state index is 0.261. The Morgan fingerprint density at radius 2 is 1.23 bits per heavy atom.